The van der Waals surface area contributed by atoms with Crippen LogP contribution >= 0.6 is 15.9 Å². The third-order valence-electron chi connectivity index (χ3n) is 2.54. The van der Waals surface area contributed by atoms with E-state index in [1.165, 1.54) is 18.5 Å². The van der Waals surface area contributed by atoms with Gasteiger partial charge >= 0.3 is 0 Å². The van der Waals surface area contributed by atoms with E-state index in [-0.39, 0.29) is 11.9 Å². The summed E-state index contributed by atoms with van der Waals surface area (Å²) in [7, 11) is 1.83. The highest BCUT2D eigenvalue weighted by Crippen LogP contribution is 2.23. The maximum atomic E-state index is 13.2. The molecule has 1 atom stereocenters. The molecular formula is C11H12BrFN4. The van der Waals surface area contributed by atoms with E-state index >= 15 is 0 Å². The number of nitrogens with one attached hydrogen (secondary N) is 2. The zero-order chi connectivity index (χ0) is 12.3. The number of hydrogen-bond acceptors (Lipinski definition) is 3. The predicted octanol–water partition coefficient (Wildman–Crippen LogP) is 2.21. The Morgan fingerprint density at radius 1 is 1.53 bits per heavy atom. The molecule has 2 rings (SSSR count). The molecule has 1 aromatic heterocycles. The van der Waals surface area contributed by atoms with Crippen molar-refractivity contribution in [2.45, 2.75) is 12.5 Å². The van der Waals surface area contributed by atoms with Crippen LogP contribution in [0.1, 0.15) is 17.4 Å². The zero-order valence-electron chi connectivity index (χ0n) is 9.24. The second-order valence-corrected chi connectivity index (χ2v) is 4.51. The first-order valence-electron chi connectivity index (χ1n) is 5.17. The van der Waals surface area contributed by atoms with E-state index in [2.05, 4.69) is 36.4 Å². The molecular weight excluding hydrogens is 287 g/mol. The van der Waals surface area contributed by atoms with Crippen molar-refractivity contribution in [1.29, 1.82) is 0 Å². The van der Waals surface area contributed by atoms with Crippen molar-refractivity contribution in [3.05, 3.63) is 46.2 Å². The lowest BCUT2D eigenvalue weighted by Gasteiger charge is -2.14. The Bertz CT molecular complexity index is 486. The van der Waals surface area contributed by atoms with E-state index in [1.54, 1.807) is 6.07 Å². The topological polar surface area (TPSA) is 53.6 Å². The number of benzene rings is 1. The summed E-state index contributed by atoms with van der Waals surface area (Å²) in [5.41, 5.74) is 0.890. The van der Waals surface area contributed by atoms with Gasteiger partial charge in [0.2, 0.25) is 0 Å². The number of halogens is 2. The van der Waals surface area contributed by atoms with Crippen LogP contribution in [0.2, 0.25) is 0 Å². The first-order valence-corrected chi connectivity index (χ1v) is 5.96. The number of rotatable bonds is 4. The van der Waals surface area contributed by atoms with Crippen LogP contribution in [0.3, 0.4) is 0 Å². The van der Waals surface area contributed by atoms with Gasteiger partial charge in [-0.05, 0) is 37.2 Å². The minimum Gasteiger partial charge on any atom is -0.310 e. The van der Waals surface area contributed by atoms with Gasteiger partial charge in [0, 0.05) is 4.47 Å². The number of aromatic nitrogens is 3. The van der Waals surface area contributed by atoms with Crippen molar-refractivity contribution in [2.75, 3.05) is 7.05 Å². The minimum atomic E-state index is -0.240. The largest absolute Gasteiger partial charge is 0.310 e. The van der Waals surface area contributed by atoms with E-state index < -0.39 is 0 Å². The Kier molecular flexibility index (Phi) is 3.86. The van der Waals surface area contributed by atoms with Gasteiger partial charge in [-0.25, -0.2) is 9.37 Å². The van der Waals surface area contributed by atoms with Crippen LogP contribution in [0, 0.1) is 5.82 Å². The maximum absolute atomic E-state index is 13.2. The molecule has 0 aliphatic heterocycles. The fourth-order valence-corrected chi connectivity index (χ4v) is 2.05. The molecule has 0 bridgehead atoms. The summed E-state index contributed by atoms with van der Waals surface area (Å²) < 4.78 is 14.1. The molecule has 0 fully saturated rings. The molecule has 90 valence electrons. The Hall–Kier alpha value is -1.27. The summed E-state index contributed by atoms with van der Waals surface area (Å²) in [6.07, 6.45) is 2.09. The van der Waals surface area contributed by atoms with Gasteiger partial charge in [0.1, 0.15) is 18.0 Å². The number of likely N-dealkylation sites (N-methyl/N-ethyl adjacent to an activating group) is 1. The Morgan fingerprint density at radius 2 is 2.35 bits per heavy atom. The van der Waals surface area contributed by atoms with E-state index in [9.17, 15) is 4.39 Å². The summed E-state index contributed by atoms with van der Waals surface area (Å²) >= 11 is 3.41. The molecule has 0 aliphatic rings. The molecule has 1 unspecified atom stereocenters. The molecule has 17 heavy (non-hydrogen) atoms. The average molecular weight is 299 g/mol. The maximum Gasteiger partial charge on any atom is 0.141 e. The highest BCUT2D eigenvalue weighted by molar-refractivity contribution is 9.10. The van der Waals surface area contributed by atoms with Crippen LogP contribution in [0.15, 0.2) is 29.0 Å². The van der Waals surface area contributed by atoms with Crippen molar-refractivity contribution in [1.82, 2.24) is 20.5 Å². The molecule has 0 amide bonds. The van der Waals surface area contributed by atoms with Crippen molar-refractivity contribution in [3.63, 3.8) is 0 Å². The number of hydrogen-bond donors (Lipinski definition) is 2. The minimum absolute atomic E-state index is 0.0180. The Balaban J connectivity index is 2.21. The second kappa shape index (κ2) is 5.37. The standard InChI is InChI=1S/C11H12BrFN4/c1-14-10(11-15-6-16-17-11)5-7-4-8(13)2-3-9(7)12/h2-4,6,10,14H,5H2,1H3,(H,15,16,17). The van der Waals surface area contributed by atoms with Crippen LogP contribution in [0.25, 0.3) is 0 Å². The van der Waals surface area contributed by atoms with Crippen LogP contribution in [0.5, 0.6) is 0 Å². The lowest BCUT2D eigenvalue weighted by molar-refractivity contribution is 0.554. The number of aromatic amines is 1. The summed E-state index contributed by atoms with van der Waals surface area (Å²) in [5.74, 6) is 0.499. The van der Waals surface area contributed by atoms with Crippen molar-refractivity contribution < 1.29 is 4.39 Å². The third kappa shape index (κ3) is 2.89. The molecule has 2 aromatic rings. The number of nitrogens with zero attached hydrogens (tertiary/aromatic N) is 2. The van der Waals surface area contributed by atoms with E-state index in [4.69, 9.17) is 0 Å². The van der Waals surface area contributed by atoms with Crippen LogP contribution in [-0.4, -0.2) is 22.2 Å². The zero-order valence-corrected chi connectivity index (χ0v) is 10.8. The lowest BCUT2D eigenvalue weighted by Crippen LogP contribution is -2.20. The van der Waals surface area contributed by atoms with Gasteiger partial charge in [-0.3, -0.25) is 5.10 Å². The van der Waals surface area contributed by atoms with Gasteiger partial charge in [0.05, 0.1) is 6.04 Å². The normalized spacial score (nSPS) is 12.6. The van der Waals surface area contributed by atoms with Crippen molar-refractivity contribution in [2.24, 2.45) is 0 Å². The lowest BCUT2D eigenvalue weighted by atomic mass is 10.1. The molecule has 4 nitrogen and oxygen atoms in total. The molecule has 0 spiro atoms. The fraction of sp³-hybridized carbons (Fsp3) is 0.273. The highest BCUT2D eigenvalue weighted by atomic mass is 79.9. The molecule has 6 heteroatoms. The van der Waals surface area contributed by atoms with Gasteiger partial charge in [-0.15, -0.1) is 0 Å². The number of H-pyrrole nitrogens is 1. The van der Waals surface area contributed by atoms with Crippen molar-refractivity contribution in [3.8, 4) is 0 Å². The van der Waals surface area contributed by atoms with E-state index in [0.717, 1.165) is 15.9 Å². The highest BCUT2D eigenvalue weighted by Gasteiger charge is 2.14. The quantitative estimate of drug-likeness (QED) is 0.910. The Labute approximate surface area is 107 Å². The van der Waals surface area contributed by atoms with Gasteiger partial charge in [0.25, 0.3) is 0 Å². The first kappa shape index (κ1) is 12.2. The predicted molar refractivity (Wildman–Crippen MR) is 66.0 cm³/mol. The summed E-state index contributed by atoms with van der Waals surface area (Å²) in [5, 5.41) is 9.74. The molecule has 2 N–H and O–H groups in total. The van der Waals surface area contributed by atoms with Gasteiger partial charge < -0.3 is 5.32 Å². The Morgan fingerprint density at radius 3 is 3.00 bits per heavy atom. The van der Waals surface area contributed by atoms with Gasteiger partial charge in [-0.2, -0.15) is 5.10 Å². The monoisotopic (exact) mass is 298 g/mol. The third-order valence-corrected chi connectivity index (χ3v) is 3.32. The van der Waals surface area contributed by atoms with E-state index in [1.807, 2.05) is 7.05 Å². The van der Waals surface area contributed by atoms with Gasteiger partial charge in [-0.1, -0.05) is 15.9 Å². The van der Waals surface area contributed by atoms with E-state index in [0.29, 0.717) is 6.42 Å². The summed E-state index contributed by atoms with van der Waals surface area (Å²) in [6, 6.07) is 4.63. The summed E-state index contributed by atoms with van der Waals surface area (Å²) in [4.78, 5) is 4.10. The second-order valence-electron chi connectivity index (χ2n) is 3.65. The van der Waals surface area contributed by atoms with Crippen LogP contribution in [0.4, 0.5) is 4.39 Å². The van der Waals surface area contributed by atoms with Gasteiger partial charge in [0.15, 0.2) is 0 Å². The van der Waals surface area contributed by atoms with Crippen molar-refractivity contribution >= 4 is 15.9 Å². The molecule has 0 saturated carbocycles. The SMILES string of the molecule is CNC(Cc1cc(F)ccc1Br)c1ncn[nH]1. The first-order chi connectivity index (χ1) is 8.20. The summed E-state index contributed by atoms with van der Waals surface area (Å²) in [6.45, 7) is 0. The average Bonchev–Trinajstić information content (AvgIpc) is 2.84. The van der Waals surface area contributed by atoms with Crippen LogP contribution in [-0.2, 0) is 6.42 Å². The molecule has 0 saturated heterocycles. The molecule has 1 heterocycles. The molecule has 0 aliphatic carbocycles. The smallest absolute Gasteiger partial charge is 0.141 e. The molecule has 0 radical (unpaired) electrons. The van der Waals surface area contributed by atoms with Crippen LogP contribution < -0.4 is 5.32 Å². The molecule has 1 aromatic carbocycles. The fourth-order valence-electron chi connectivity index (χ4n) is 1.64.